The Hall–Kier alpha value is -1.16. The molecule has 0 rings (SSSR count). The van der Waals surface area contributed by atoms with Gasteiger partial charge in [0, 0.05) is 12.2 Å². The van der Waals surface area contributed by atoms with Crippen LogP contribution >= 0.6 is 0 Å². The molecule has 86 valence electrons. The highest BCUT2D eigenvalue weighted by Crippen LogP contribution is 2.00. The number of ether oxygens (including phenoxy) is 2. The van der Waals surface area contributed by atoms with E-state index >= 15 is 0 Å². The smallest absolute Gasteiger partial charge is 0.379 e. The first-order chi connectivity index (χ1) is 7.17. The topological polar surface area (TPSA) is 52.6 Å². The van der Waals surface area contributed by atoms with Crippen LogP contribution in [0, 0.1) is 0 Å². The molecular weight excluding hydrogens is 196 g/mol. The maximum atomic E-state index is 11.4. The quantitative estimate of drug-likeness (QED) is 0.279. The lowest BCUT2D eigenvalue weighted by Crippen LogP contribution is -2.22. The van der Waals surface area contributed by atoms with Crippen LogP contribution in [-0.2, 0) is 19.1 Å². The van der Waals surface area contributed by atoms with Crippen LogP contribution in [0.4, 0.5) is 0 Å². The second kappa shape index (κ2) is 8.17. The number of Topliss-reactive ketones (excluding diaryl/α,β-unsaturated/α-hetero) is 1. The van der Waals surface area contributed by atoms with Gasteiger partial charge in [-0.2, -0.15) is 0 Å². The van der Waals surface area contributed by atoms with Crippen molar-refractivity contribution < 1.29 is 19.1 Å². The molecule has 4 nitrogen and oxygen atoms in total. The zero-order chi connectivity index (χ0) is 11.7. The SMILES string of the molecule is CC=C(COCCC)C(=O)C(=O)OCC. The Morgan fingerprint density at radius 3 is 2.40 bits per heavy atom. The van der Waals surface area contributed by atoms with Crippen LogP contribution in [0.25, 0.3) is 0 Å². The first kappa shape index (κ1) is 13.8. The van der Waals surface area contributed by atoms with E-state index < -0.39 is 11.8 Å². The number of carbonyl (C=O) groups is 2. The molecule has 0 unspecified atom stereocenters. The number of esters is 1. The molecule has 0 aromatic carbocycles. The highest BCUT2D eigenvalue weighted by Gasteiger charge is 2.19. The maximum Gasteiger partial charge on any atom is 0.379 e. The van der Waals surface area contributed by atoms with Gasteiger partial charge in [-0.3, -0.25) is 4.79 Å². The first-order valence-corrected chi connectivity index (χ1v) is 5.11. The van der Waals surface area contributed by atoms with Crippen molar-refractivity contribution in [3.05, 3.63) is 11.6 Å². The highest BCUT2D eigenvalue weighted by molar-refractivity contribution is 6.40. The molecule has 0 heterocycles. The van der Waals surface area contributed by atoms with Crippen molar-refractivity contribution in [2.24, 2.45) is 0 Å². The molecule has 0 aliphatic rings. The van der Waals surface area contributed by atoms with Gasteiger partial charge in [-0.05, 0) is 20.3 Å². The summed E-state index contributed by atoms with van der Waals surface area (Å²) in [7, 11) is 0. The van der Waals surface area contributed by atoms with Gasteiger partial charge >= 0.3 is 5.97 Å². The van der Waals surface area contributed by atoms with E-state index in [4.69, 9.17) is 4.74 Å². The van der Waals surface area contributed by atoms with Crippen molar-refractivity contribution in [3.8, 4) is 0 Å². The summed E-state index contributed by atoms with van der Waals surface area (Å²) in [4.78, 5) is 22.5. The van der Waals surface area contributed by atoms with E-state index in [1.54, 1.807) is 19.9 Å². The molecule has 0 aliphatic carbocycles. The second-order valence-electron chi connectivity index (χ2n) is 2.92. The fourth-order valence-corrected chi connectivity index (χ4v) is 0.934. The first-order valence-electron chi connectivity index (χ1n) is 5.11. The zero-order valence-electron chi connectivity index (χ0n) is 9.54. The lowest BCUT2D eigenvalue weighted by Gasteiger charge is -2.05. The van der Waals surface area contributed by atoms with Gasteiger partial charge in [-0.25, -0.2) is 4.79 Å². The number of carbonyl (C=O) groups excluding carboxylic acids is 2. The largest absolute Gasteiger partial charge is 0.460 e. The minimum absolute atomic E-state index is 0.169. The Labute approximate surface area is 90.2 Å². The summed E-state index contributed by atoms with van der Waals surface area (Å²) in [5, 5.41) is 0. The summed E-state index contributed by atoms with van der Waals surface area (Å²) in [6.45, 7) is 6.28. The van der Waals surface area contributed by atoms with Crippen LogP contribution < -0.4 is 0 Å². The lowest BCUT2D eigenvalue weighted by molar-refractivity contribution is -0.152. The third-order valence-corrected chi connectivity index (χ3v) is 1.71. The van der Waals surface area contributed by atoms with Crippen molar-refractivity contribution in [1.29, 1.82) is 0 Å². The number of rotatable bonds is 7. The van der Waals surface area contributed by atoms with Gasteiger partial charge in [0.1, 0.15) is 0 Å². The van der Waals surface area contributed by atoms with E-state index in [0.29, 0.717) is 12.2 Å². The molecule has 0 radical (unpaired) electrons. The van der Waals surface area contributed by atoms with Crippen LogP contribution in [0.2, 0.25) is 0 Å². The third kappa shape index (κ3) is 5.32. The fraction of sp³-hybridized carbons (Fsp3) is 0.636. The molecule has 0 aliphatic heterocycles. The molecule has 0 bridgehead atoms. The summed E-state index contributed by atoms with van der Waals surface area (Å²) in [5.74, 6) is -1.43. The third-order valence-electron chi connectivity index (χ3n) is 1.71. The molecule has 4 heteroatoms. The van der Waals surface area contributed by atoms with Gasteiger partial charge in [0.15, 0.2) is 0 Å². The van der Waals surface area contributed by atoms with Crippen molar-refractivity contribution >= 4 is 11.8 Å². The van der Waals surface area contributed by atoms with Crippen molar-refractivity contribution in [2.75, 3.05) is 19.8 Å². The van der Waals surface area contributed by atoms with Gasteiger partial charge in [0.05, 0.1) is 13.2 Å². The van der Waals surface area contributed by atoms with E-state index in [9.17, 15) is 9.59 Å². The monoisotopic (exact) mass is 214 g/mol. The Bertz CT molecular complexity index is 243. The fourth-order valence-electron chi connectivity index (χ4n) is 0.934. The second-order valence-corrected chi connectivity index (χ2v) is 2.92. The van der Waals surface area contributed by atoms with Crippen LogP contribution in [0.15, 0.2) is 11.6 Å². The number of hydrogen-bond acceptors (Lipinski definition) is 4. The van der Waals surface area contributed by atoms with Crippen molar-refractivity contribution in [1.82, 2.24) is 0 Å². The Morgan fingerprint density at radius 1 is 1.27 bits per heavy atom. The van der Waals surface area contributed by atoms with Crippen molar-refractivity contribution in [3.63, 3.8) is 0 Å². The van der Waals surface area contributed by atoms with Gasteiger partial charge < -0.3 is 9.47 Å². The molecule has 0 N–H and O–H groups in total. The summed E-state index contributed by atoms with van der Waals surface area (Å²) in [5.41, 5.74) is 0.349. The molecule has 0 aromatic rings. The summed E-state index contributed by atoms with van der Waals surface area (Å²) >= 11 is 0. The van der Waals surface area contributed by atoms with Gasteiger partial charge in [-0.1, -0.05) is 13.0 Å². The standard InChI is InChI=1S/C11H18O4/c1-4-7-14-8-9(5-2)10(12)11(13)15-6-3/h5H,4,6-8H2,1-3H3. The molecule has 0 saturated carbocycles. The predicted molar refractivity (Wildman–Crippen MR) is 56.5 cm³/mol. The normalized spacial score (nSPS) is 11.3. The molecule has 0 atom stereocenters. The van der Waals surface area contributed by atoms with Crippen LogP contribution in [-0.4, -0.2) is 31.6 Å². The van der Waals surface area contributed by atoms with Gasteiger partial charge in [0.2, 0.25) is 0 Å². The number of allylic oxidation sites excluding steroid dienone is 1. The Kier molecular flexibility index (Phi) is 7.54. The average molecular weight is 214 g/mol. The van der Waals surface area contributed by atoms with E-state index in [2.05, 4.69) is 4.74 Å². The summed E-state index contributed by atoms with van der Waals surface area (Å²) in [6.07, 6.45) is 2.46. The summed E-state index contributed by atoms with van der Waals surface area (Å²) < 4.78 is 9.80. The van der Waals surface area contributed by atoms with E-state index in [1.807, 2.05) is 6.92 Å². The Morgan fingerprint density at radius 2 is 1.93 bits per heavy atom. The van der Waals surface area contributed by atoms with Crippen molar-refractivity contribution in [2.45, 2.75) is 27.2 Å². The molecule has 0 spiro atoms. The molecule has 0 amide bonds. The molecule has 0 fully saturated rings. The van der Waals surface area contributed by atoms with Gasteiger partial charge in [0.25, 0.3) is 5.78 Å². The van der Waals surface area contributed by atoms with Crippen LogP contribution in [0.3, 0.4) is 0 Å². The molecule has 0 aromatic heterocycles. The average Bonchev–Trinajstić information content (AvgIpc) is 2.24. The minimum atomic E-state index is -0.814. The molecular formula is C11H18O4. The highest BCUT2D eigenvalue weighted by atomic mass is 16.5. The number of hydrogen-bond donors (Lipinski definition) is 0. The molecule has 0 saturated heterocycles. The van der Waals surface area contributed by atoms with E-state index in [-0.39, 0.29) is 13.2 Å². The summed E-state index contributed by atoms with van der Waals surface area (Å²) in [6, 6.07) is 0. The Balaban J connectivity index is 4.17. The van der Waals surface area contributed by atoms with Gasteiger partial charge in [-0.15, -0.1) is 0 Å². The molecule has 15 heavy (non-hydrogen) atoms. The maximum absolute atomic E-state index is 11.4. The number of ketones is 1. The van der Waals surface area contributed by atoms with E-state index in [0.717, 1.165) is 6.42 Å². The predicted octanol–water partition coefficient (Wildman–Crippen LogP) is 1.49. The minimum Gasteiger partial charge on any atom is -0.460 e. The zero-order valence-corrected chi connectivity index (χ0v) is 9.54. The lowest BCUT2D eigenvalue weighted by atomic mass is 10.2. The van der Waals surface area contributed by atoms with Crippen LogP contribution in [0.5, 0.6) is 0 Å². The van der Waals surface area contributed by atoms with E-state index in [1.165, 1.54) is 0 Å². The van der Waals surface area contributed by atoms with Crippen LogP contribution in [0.1, 0.15) is 27.2 Å².